The van der Waals surface area contributed by atoms with Crippen molar-refractivity contribution in [3.8, 4) is 11.5 Å². The molecule has 0 radical (unpaired) electrons. The fourth-order valence-corrected chi connectivity index (χ4v) is 2.53. The molecule has 2 aromatic carbocycles. The van der Waals surface area contributed by atoms with Crippen LogP contribution in [0, 0.1) is 0 Å². The van der Waals surface area contributed by atoms with E-state index in [1.807, 2.05) is 44.2 Å². The summed E-state index contributed by atoms with van der Waals surface area (Å²) in [6, 6.07) is 16.4. The van der Waals surface area contributed by atoms with Gasteiger partial charge in [0.1, 0.15) is 11.5 Å². The highest BCUT2D eigenvalue weighted by Crippen LogP contribution is 2.34. The van der Waals surface area contributed by atoms with Gasteiger partial charge in [-0.25, -0.2) is 0 Å². The van der Waals surface area contributed by atoms with Crippen LogP contribution in [-0.4, -0.2) is 13.2 Å². The number of rotatable bonds is 7. The third kappa shape index (κ3) is 3.33. The first-order valence-electron chi connectivity index (χ1n) is 7.74. The van der Waals surface area contributed by atoms with Gasteiger partial charge in [0.2, 0.25) is 0 Å². The summed E-state index contributed by atoms with van der Waals surface area (Å²) < 4.78 is 11.0. The molecule has 0 unspecified atom stereocenters. The monoisotopic (exact) mass is 296 g/mol. The van der Waals surface area contributed by atoms with E-state index in [1.165, 1.54) is 11.1 Å². The lowest BCUT2D eigenvalue weighted by Crippen LogP contribution is -2.20. The van der Waals surface area contributed by atoms with Gasteiger partial charge in [0.05, 0.1) is 13.2 Å². The van der Waals surface area contributed by atoms with Crippen molar-refractivity contribution in [2.75, 3.05) is 13.2 Å². The summed E-state index contributed by atoms with van der Waals surface area (Å²) in [5.41, 5.74) is 2.14. The maximum absolute atomic E-state index is 5.51. The summed E-state index contributed by atoms with van der Waals surface area (Å²) in [6.07, 6.45) is 1.98. The first kappa shape index (κ1) is 16.2. The summed E-state index contributed by atoms with van der Waals surface area (Å²) in [7, 11) is 0. The van der Waals surface area contributed by atoms with E-state index >= 15 is 0 Å². The van der Waals surface area contributed by atoms with Gasteiger partial charge in [-0.05, 0) is 56.2 Å². The highest BCUT2D eigenvalue weighted by atomic mass is 16.5. The van der Waals surface area contributed by atoms with Crippen molar-refractivity contribution in [1.29, 1.82) is 0 Å². The molecular weight excluding hydrogens is 272 g/mol. The summed E-state index contributed by atoms with van der Waals surface area (Å²) in [5, 5.41) is 0. The molecule has 0 atom stereocenters. The van der Waals surface area contributed by atoms with Crippen LogP contribution in [0.15, 0.2) is 61.2 Å². The van der Waals surface area contributed by atoms with E-state index in [1.54, 1.807) is 0 Å². The minimum Gasteiger partial charge on any atom is -0.494 e. The zero-order valence-corrected chi connectivity index (χ0v) is 13.6. The van der Waals surface area contributed by atoms with E-state index < -0.39 is 0 Å². The average Bonchev–Trinajstić information content (AvgIpc) is 2.56. The maximum atomic E-state index is 5.51. The summed E-state index contributed by atoms with van der Waals surface area (Å²) in [4.78, 5) is 0. The van der Waals surface area contributed by atoms with Crippen LogP contribution in [0.2, 0.25) is 0 Å². The van der Waals surface area contributed by atoms with Crippen LogP contribution >= 0.6 is 0 Å². The Morgan fingerprint density at radius 1 is 0.818 bits per heavy atom. The molecule has 0 fully saturated rings. The van der Waals surface area contributed by atoms with E-state index in [4.69, 9.17) is 9.47 Å². The second-order valence-electron chi connectivity index (χ2n) is 5.32. The lowest BCUT2D eigenvalue weighted by molar-refractivity contribution is 0.340. The van der Waals surface area contributed by atoms with Gasteiger partial charge in [0, 0.05) is 5.41 Å². The highest BCUT2D eigenvalue weighted by Gasteiger charge is 2.25. The molecule has 0 saturated heterocycles. The summed E-state index contributed by atoms with van der Waals surface area (Å²) in [6.45, 7) is 11.5. The Morgan fingerprint density at radius 2 is 1.18 bits per heavy atom. The molecule has 0 aliphatic carbocycles. The molecule has 0 aromatic heterocycles. The molecule has 2 nitrogen and oxygen atoms in total. The van der Waals surface area contributed by atoms with Crippen molar-refractivity contribution in [3.63, 3.8) is 0 Å². The Kier molecular flexibility index (Phi) is 5.26. The van der Waals surface area contributed by atoms with Gasteiger partial charge < -0.3 is 9.47 Å². The van der Waals surface area contributed by atoms with Crippen molar-refractivity contribution in [2.24, 2.45) is 0 Å². The number of hydrogen-bond acceptors (Lipinski definition) is 2. The van der Waals surface area contributed by atoms with Crippen LogP contribution in [0.1, 0.15) is 31.9 Å². The van der Waals surface area contributed by atoms with Gasteiger partial charge in [-0.15, -0.1) is 6.58 Å². The number of benzene rings is 2. The van der Waals surface area contributed by atoms with E-state index in [9.17, 15) is 0 Å². The molecule has 2 aromatic rings. The van der Waals surface area contributed by atoms with E-state index in [0.29, 0.717) is 13.2 Å². The van der Waals surface area contributed by atoms with Crippen LogP contribution in [0.5, 0.6) is 11.5 Å². The molecule has 0 N–H and O–H groups in total. The molecule has 0 spiro atoms. The van der Waals surface area contributed by atoms with E-state index in [-0.39, 0.29) is 5.41 Å². The Bertz CT molecular complexity index is 547. The lowest BCUT2D eigenvalue weighted by atomic mass is 9.76. The highest BCUT2D eigenvalue weighted by molar-refractivity contribution is 5.46. The summed E-state index contributed by atoms with van der Waals surface area (Å²) in [5.74, 6) is 1.79. The van der Waals surface area contributed by atoms with Gasteiger partial charge in [-0.1, -0.05) is 30.3 Å². The van der Waals surface area contributed by atoms with Gasteiger partial charge >= 0.3 is 0 Å². The third-order valence-corrected chi connectivity index (χ3v) is 3.94. The normalized spacial score (nSPS) is 11.0. The average molecular weight is 296 g/mol. The number of hydrogen-bond donors (Lipinski definition) is 0. The molecule has 0 aliphatic rings. The fraction of sp³-hybridized carbons (Fsp3) is 0.300. The van der Waals surface area contributed by atoms with Gasteiger partial charge in [-0.2, -0.15) is 0 Å². The molecule has 0 amide bonds. The van der Waals surface area contributed by atoms with Crippen molar-refractivity contribution >= 4 is 0 Å². The maximum Gasteiger partial charge on any atom is 0.119 e. The van der Waals surface area contributed by atoms with Gasteiger partial charge in [0.25, 0.3) is 0 Å². The lowest BCUT2D eigenvalue weighted by Gasteiger charge is -2.27. The molecule has 0 saturated carbocycles. The smallest absolute Gasteiger partial charge is 0.119 e. The quantitative estimate of drug-likeness (QED) is 0.671. The topological polar surface area (TPSA) is 18.5 Å². The van der Waals surface area contributed by atoms with Crippen LogP contribution in [-0.2, 0) is 5.41 Å². The molecule has 0 aliphatic heterocycles. The Balaban J connectivity index is 2.32. The minimum atomic E-state index is -0.241. The van der Waals surface area contributed by atoms with Gasteiger partial charge in [0.15, 0.2) is 0 Å². The standard InChI is InChI=1S/C20H24O2/c1-5-20(4,16-8-12-18(13-9-16)21-6-2)17-10-14-19(15-11-17)22-7-3/h5,8-15H,1,6-7H2,2-4H3. The molecule has 0 bridgehead atoms. The van der Waals surface area contributed by atoms with Crippen molar-refractivity contribution < 1.29 is 9.47 Å². The van der Waals surface area contributed by atoms with Gasteiger partial charge in [-0.3, -0.25) is 0 Å². The van der Waals surface area contributed by atoms with E-state index in [2.05, 4.69) is 37.8 Å². The molecule has 116 valence electrons. The molecule has 22 heavy (non-hydrogen) atoms. The zero-order valence-electron chi connectivity index (χ0n) is 13.6. The predicted molar refractivity (Wildman–Crippen MR) is 91.9 cm³/mol. The van der Waals surface area contributed by atoms with Crippen LogP contribution < -0.4 is 9.47 Å². The van der Waals surface area contributed by atoms with Crippen molar-refractivity contribution in [1.82, 2.24) is 0 Å². The first-order valence-corrected chi connectivity index (χ1v) is 7.74. The first-order chi connectivity index (χ1) is 10.6. The molecule has 2 rings (SSSR count). The second kappa shape index (κ2) is 7.17. The Morgan fingerprint density at radius 3 is 1.45 bits per heavy atom. The zero-order chi connectivity index (χ0) is 16.0. The second-order valence-corrected chi connectivity index (χ2v) is 5.32. The van der Waals surface area contributed by atoms with E-state index in [0.717, 1.165) is 11.5 Å². The fourth-order valence-electron chi connectivity index (χ4n) is 2.53. The minimum absolute atomic E-state index is 0.241. The Labute approximate surface area is 133 Å². The SMILES string of the molecule is C=CC(C)(c1ccc(OCC)cc1)c1ccc(OCC)cc1. The van der Waals surface area contributed by atoms with Crippen LogP contribution in [0.25, 0.3) is 0 Å². The Hall–Kier alpha value is -2.22. The van der Waals surface area contributed by atoms with Crippen LogP contribution in [0.4, 0.5) is 0 Å². The third-order valence-electron chi connectivity index (χ3n) is 3.94. The number of ether oxygens (including phenoxy) is 2. The van der Waals surface area contributed by atoms with Crippen LogP contribution in [0.3, 0.4) is 0 Å². The molecule has 0 heterocycles. The molecule has 2 heteroatoms. The summed E-state index contributed by atoms with van der Waals surface area (Å²) >= 11 is 0. The largest absolute Gasteiger partial charge is 0.494 e. The van der Waals surface area contributed by atoms with Crippen molar-refractivity contribution in [3.05, 3.63) is 72.3 Å². The molecular formula is C20H24O2. The predicted octanol–water partition coefficient (Wildman–Crippen LogP) is 4.98. The van der Waals surface area contributed by atoms with Crippen molar-refractivity contribution in [2.45, 2.75) is 26.2 Å². The number of allylic oxidation sites excluding steroid dienone is 1.